The Bertz CT molecular complexity index is 623. The molecule has 3 rings (SSSR count). The van der Waals surface area contributed by atoms with Gasteiger partial charge in [-0.3, -0.25) is 4.79 Å². The van der Waals surface area contributed by atoms with Gasteiger partial charge in [-0.1, -0.05) is 18.2 Å². The van der Waals surface area contributed by atoms with Crippen molar-refractivity contribution in [2.24, 2.45) is 0 Å². The Kier molecular flexibility index (Phi) is 3.26. The van der Waals surface area contributed by atoms with Crippen LogP contribution in [0.3, 0.4) is 0 Å². The lowest BCUT2D eigenvalue weighted by molar-refractivity contribution is -0.113. The minimum absolute atomic E-state index is 0.157. The summed E-state index contributed by atoms with van der Waals surface area (Å²) in [5.74, 6) is -0.142. The summed E-state index contributed by atoms with van der Waals surface area (Å²) in [6.45, 7) is 1.96. The van der Waals surface area contributed by atoms with E-state index >= 15 is 0 Å². The molecule has 3 heteroatoms. The number of allylic oxidation sites excluding steroid dienone is 3. The van der Waals surface area contributed by atoms with Gasteiger partial charge in [0.1, 0.15) is 6.10 Å². The van der Waals surface area contributed by atoms with Crippen molar-refractivity contribution in [2.45, 2.75) is 32.3 Å². The van der Waals surface area contributed by atoms with Crippen molar-refractivity contribution in [3.8, 4) is 0 Å². The molecule has 0 amide bonds. The third-order valence-corrected chi connectivity index (χ3v) is 3.97. The van der Waals surface area contributed by atoms with Gasteiger partial charge in [0.15, 0.2) is 5.78 Å². The van der Waals surface area contributed by atoms with Crippen LogP contribution in [0.2, 0.25) is 0 Å². The number of esters is 1. The van der Waals surface area contributed by atoms with E-state index in [4.69, 9.17) is 4.74 Å². The molecular weight excluding hydrogens is 252 g/mol. The molecule has 0 saturated heterocycles. The summed E-state index contributed by atoms with van der Waals surface area (Å²) in [6.07, 6.45) is 3.55. The van der Waals surface area contributed by atoms with E-state index in [2.05, 4.69) is 0 Å². The van der Waals surface area contributed by atoms with Crippen LogP contribution in [0.1, 0.15) is 36.5 Å². The minimum atomic E-state index is -0.299. The van der Waals surface area contributed by atoms with Gasteiger partial charge in [0.2, 0.25) is 0 Å². The number of benzene rings is 1. The number of fused-ring (bicyclic) bond motifs is 1. The lowest BCUT2D eigenvalue weighted by Crippen LogP contribution is -2.23. The van der Waals surface area contributed by atoms with Crippen LogP contribution in [0, 0.1) is 0 Å². The van der Waals surface area contributed by atoms with E-state index in [1.165, 1.54) is 0 Å². The Labute approximate surface area is 117 Å². The molecule has 0 fully saturated rings. The van der Waals surface area contributed by atoms with Gasteiger partial charge in [-0.05, 0) is 54.7 Å². The van der Waals surface area contributed by atoms with Crippen molar-refractivity contribution < 1.29 is 14.3 Å². The summed E-state index contributed by atoms with van der Waals surface area (Å²) in [5, 5.41) is 0. The molecule has 20 heavy (non-hydrogen) atoms. The molecule has 2 aliphatic carbocycles. The highest BCUT2D eigenvalue weighted by Crippen LogP contribution is 2.37. The van der Waals surface area contributed by atoms with Crippen LogP contribution < -0.4 is 0 Å². The highest BCUT2D eigenvalue weighted by atomic mass is 16.5. The molecule has 1 aromatic rings. The van der Waals surface area contributed by atoms with Crippen LogP contribution in [-0.4, -0.2) is 17.9 Å². The van der Waals surface area contributed by atoms with E-state index in [-0.39, 0.29) is 17.9 Å². The average Bonchev–Trinajstić information content (AvgIpc) is 2.84. The highest BCUT2D eigenvalue weighted by molar-refractivity contribution is 5.98. The summed E-state index contributed by atoms with van der Waals surface area (Å²) in [6, 6.07) is 9.00. The lowest BCUT2D eigenvalue weighted by Gasteiger charge is -2.26. The number of ether oxygens (including phenoxy) is 1. The molecule has 1 atom stereocenters. The van der Waals surface area contributed by atoms with Crippen molar-refractivity contribution in [1.82, 2.24) is 0 Å². The first-order valence-corrected chi connectivity index (χ1v) is 6.84. The van der Waals surface area contributed by atoms with Crippen LogP contribution in [-0.2, 0) is 9.53 Å². The maximum absolute atomic E-state index is 12.1. The third-order valence-electron chi connectivity index (χ3n) is 3.97. The van der Waals surface area contributed by atoms with Gasteiger partial charge in [0, 0.05) is 6.42 Å². The normalized spacial score (nSPS) is 21.6. The maximum atomic E-state index is 12.1. The fourth-order valence-corrected chi connectivity index (χ4v) is 2.85. The van der Waals surface area contributed by atoms with Gasteiger partial charge in [-0.15, -0.1) is 0 Å². The average molecular weight is 268 g/mol. The van der Waals surface area contributed by atoms with Gasteiger partial charge in [0.25, 0.3) is 0 Å². The summed E-state index contributed by atoms with van der Waals surface area (Å²) in [5.41, 5.74) is 3.79. The quantitative estimate of drug-likeness (QED) is 0.773. The number of ketones is 1. The largest absolute Gasteiger partial charge is 0.454 e. The van der Waals surface area contributed by atoms with E-state index in [1.54, 1.807) is 18.2 Å². The van der Waals surface area contributed by atoms with Crippen LogP contribution in [0.5, 0.6) is 0 Å². The van der Waals surface area contributed by atoms with E-state index in [9.17, 15) is 9.59 Å². The second-order valence-corrected chi connectivity index (χ2v) is 5.27. The zero-order chi connectivity index (χ0) is 14.1. The first kappa shape index (κ1) is 12.9. The maximum Gasteiger partial charge on any atom is 0.338 e. The van der Waals surface area contributed by atoms with Crippen molar-refractivity contribution in [2.75, 3.05) is 0 Å². The van der Waals surface area contributed by atoms with Gasteiger partial charge in [-0.2, -0.15) is 0 Å². The predicted octanol–water partition coefficient (Wildman–Crippen LogP) is 3.22. The smallest absolute Gasteiger partial charge is 0.338 e. The molecule has 0 radical (unpaired) electrons. The van der Waals surface area contributed by atoms with Crippen LogP contribution in [0.15, 0.2) is 53.1 Å². The van der Waals surface area contributed by atoms with Gasteiger partial charge >= 0.3 is 5.97 Å². The molecule has 0 N–H and O–H groups in total. The molecular formula is C17H16O3. The van der Waals surface area contributed by atoms with E-state index in [0.29, 0.717) is 12.0 Å². The number of hydrogen-bond donors (Lipinski definition) is 0. The molecule has 0 spiro atoms. The molecule has 0 aliphatic heterocycles. The van der Waals surface area contributed by atoms with Crippen molar-refractivity contribution in [3.63, 3.8) is 0 Å². The molecule has 0 saturated carbocycles. The van der Waals surface area contributed by atoms with E-state index < -0.39 is 0 Å². The van der Waals surface area contributed by atoms with E-state index in [1.807, 2.05) is 25.1 Å². The summed E-state index contributed by atoms with van der Waals surface area (Å²) < 4.78 is 5.60. The standard InChI is InChI=1S/C17H16O3/c1-11-15-10-14(18)9-13(15)7-8-16(11)20-17(19)12-5-3-2-4-6-12/h2-6,9,16H,7-8,10H2,1H3/t16-/m0/s1. The second kappa shape index (κ2) is 5.08. The fourth-order valence-electron chi connectivity index (χ4n) is 2.85. The lowest BCUT2D eigenvalue weighted by atomic mass is 9.87. The topological polar surface area (TPSA) is 43.4 Å². The number of hydrogen-bond acceptors (Lipinski definition) is 3. The molecule has 102 valence electrons. The summed E-state index contributed by atoms with van der Waals surface area (Å²) in [7, 11) is 0. The Balaban J connectivity index is 1.78. The van der Waals surface area contributed by atoms with Crippen LogP contribution in [0.4, 0.5) is 0 Å². The minimum Gasteiger partial charge on any atom is -0.454 e. The second-order valence-electron chi connectivity index (χ2n) is 5.27. The molecule has 1 aromatic carbocycles. The summed E-state index contributed by atoms with van der Waals surface area (Å²) >= 11 is 0. The molecule has 0 heterocycles. The first-order chi connectivity index (χ1) is 9.65. The molecule has 0 aromatic heterocycles. The highest BCUT2D eigenvalue weighted by Gasteiger charge is 2.30. The monoisotopic (exact) mass is 268 g/mol. The Morgan fingerprint density at radius 2 is 2.00 bits per heavy atom. The molecule has 3 nitrogen and oxygen atoms in total. The van der Waals surface area contributed by atoms with Crippen LogP contribution in [0.25, 0.3) is 0 Å². The number of carbonyl (C=O) groups excluding carboxylic acids is 2. The van der Waals surface area contributed by atoms with Crippen molar-refractivity contribution in [3.05, 3.63) is 58.7 Å². The summed E-state index contributed by atoms with van der Waals surface area (Å²) in [4.78, 5) is 23.6. The Hall–Kier alpha value is -2.16. The van der Waals surface area contributed by atoms with Gasteiger partial charge in [-0.25, -0.2) is 4.79 Å². The number of rotatable bonds is 2. The molecule has 2 aliphatic rings. The zero-order valence-corrected chi connectivity index (χ0v) is 11.4. The Morgan fingerprint density at radius 3 is 2.75 bits per heavy atom. The van der Waals surface area contributed by atoms with Crippen molar-refractivity contribution in [1.29, 1.82) is 0 Å². The third kappa shape index (κ3) is 2.31. The molecule has 0 unspecified atom stereocenters. The van der Waals surface area contributed by atoms with Crippen LogP contribution >= 0.6 is 0 Å². The van der Waals surface area contributed by atoms with Crippen molar-refractivity contribution >= 4 is 11.8 Å². The Morgan fingerprint density at radius 1 is 1.25 bits per heavy atom. The van der Waals surface area contributed by atoms with Gasteiger partial charge in [0.05, 0.1) is 5.56 Å². The number of carbonyl (C=O) groups is 2. The molecule has 0 bridgehead atoms. The SMILES string of the molecule is CC1=C2CC(=O)C=C2CC[C@@H]1OC(=O)c1ccccc1. The van der Waals surface area contributed by atoms with Gasteiger partial charge < -0.3 is 4.74 Å². The first-order valence-electron chi connectivity index (χ1n) is 6.84. The zero-order valence-electron chi connectivity index (χ0n) is 11.4. The predicted molar refractivity (Wildman–Crippen MR) is 75.3 cm³/mol. The fraction of sp³-hybridized carbons (Fsp3) is 0.294. The van der Waals surface area contributed by atoms with E-state index in [0.717, 1.165) is 29.6 Å².